The van der Waals surface area contributed by atoms with Crippen LogP contribution in [0.5, 0.6) is 17.2 Å². The van der Waals surface area contributed by atoms with Crippen LogP contribution in [0, 0.1) is 5.82 Å². The Morgan fingerprint density at radius 2 is 1.55 bits per heavy atom. The highest BCUT2D eigenvalue weighted by molar-refractivity contribution is 6.21. The van der Waals surface area contributed by atoms with E-state index in [1.54, 1.807) is 60.3 Å². The molecule has 4 amide bonds. The molecule has 1 saturated heterocycles. The maximum atomic E-state index is 13.3. The number of hydrogen-bond donors (Lipinski definition) is 2. The maximum absolute atomic E-state index is 13.3. The Morgan fingerprint density at radius 1 is 0.895 bits per heavy atom. The van der Waals surface area contributed by atoms with Crippen molar-refractivity contribution in [3.05, 3.63) is 78.7 Å². The number of amides is 4. The van der Waals surface area contributed by atoms with Crippen LogP contribution in [0.1, 0.15) is 13.3 Å². The van der Waals surface area contributed by atoms with E-state index in [0.717, 1.165) is 16.6 Å². The van der Waals surface area contributed by atoms with E-state index in [1.165, 1.54) is 12.1 Å². The largest absolute Gasteiger partial charge is 0.467 e. The van der Waals surface area contributed by atoms with Gasteiger partial charge in [-0.25, -0.2) is 13.9 Å². The van der Waals surface area contributed by atoms with E-state index in [4.69, 9.17) is 14.2 Å². The molecule has 38 heavy (non-hydrogen) atoms. The summed E-state index contributed by atoms with van der Waals surface area (Å²) in [5, 5.41) is 9.38. The van der Waals surface area contributed by atoms with Crippen LogP contribution in [0.25, 0.3) is 16.6 Å². The maximum Gasteiger partial charge on any atom is 0.328 e. The van der Waals surface area contributed by atoms with Crippen molar-refractivity contribution < 1.29 is 33.0 Å². The van der Waals surface area contributed by atoms with Crippen molar-refractivity contribution in [1.82, 2.24) is 20.4 Å². The van der Waals surface area contributed by atoms with E-state index >= 15 is 0 Å². The van der Waals surface area contributed by atoms with E-state index in [-0.39, 0.29) is 24.6 Å². The molecule has 0 bridgehead atoms. The summed E-state index contributed by atoms with van der Waals surface area (Å²) in [6.45, 7) is 2.25. The zero-order chi connectivity index (χ0) is 26.7. The highest BCUT2D eigenvalue weighted by atomic mass is 19.1. The third kappa shape index (κ3) is 4.91. The third-order valence-corrected chi connectivity index (χ3v) is 5.95. The third-order valence-electron chi connectivity index (χ3n) is 5.95. The molecule has 1 aliphatic heterocycles. The predicted octanol–water partition coefficient (Wildman–Crippen LogP) is 3.87. The number of carbonyl (C=O) groups is 3. The number of nitrogens with one attached hydrogen (secondary N) is 2. The van der Waals surface area contributed by atoms with Crippen molar-refractivity contribution in [2.24, 2.45) is 0 Å². The summed E-state index contributed by atoms with van der Waals surface area (Å²) >= 11 is 0. The Bertz CT molecular complexity index is 1480. The van der Waals surface area contributed by atoms with Crippen LogP contribution in [0.15, 0.2) is 72.9 Å². The normalized spacial score (nSPS) is 14.7. The molecular formula is C27H23FN4O6. The zero-order valence-corrected chi connectivity index (χ0v) is 20.3. The lowest BCUT2D eigenvalue weighted by Gasteiger charge is -2.34. The smallest absolute Gasteiger partial charge is 0.328 e. The molecule has 0 spiro atoms. The fraction of sp³-hybridized carbons (Fsp3) is 0.185. The number of imide groups is 2. The van der Waals surface area contributed by atoms with Gasteiger partial charge in [-0.3, -0.25) is 20.2 Å². The van der Waals surface area contributed by atoms with Gasteiger partial charge in [0.2, 0.25) is 0 Å². The summed E-state index contributed by atoms with van der Waals surface area (Å²) in [4.78, 5) is 36.8. The predicted molar refractivity (Wildman–Crippen MR) is 134 cm³/mol. The molecule has 0 saturated carbocycles. The van der Waals surface area contributed by atoms with Gasteiger partial charge in [0, 0.05) is 18.4 Å². The second kappa shape index (κ2) is 10.3. The van der Waals surface area contributed by atoms with Crippen LogP contribution in [-0.4, -0.2) is 46.4 Å². The van der Waals surface area contributed by atoms with Gasteiger partial charge in [0.15, 0.2) is 0 Å². The molecular weight excluding hydrogens is 495 g/mol. The fourth-order valence-corrected chi connectivity index (χ4v) is 4.05. The zero-order valence-electron chi connectivity index (χ0n) is 20.3. The minimum absolute atomic E-state index is 0.0763. The molecule has 0 unspecified atom stereocenters. The number of nitrogens with zero attached hydrogens (tertiary/aromatic N) is 2. The van der Waals surface area contributed by atoms with Crippen LogP contribution in [0.3, 0.4) is 0 Å². The first kappa shape index (κ1) is 24.9. The highest BCUT2D eigenvalue weighted by Crippen LogP contribution is 2.30. The number of barbiturate groups is 1. The summed E-state index contributed by atoms with van der Waals surface area (Å²) < 4.78 is 32.1. The number of halogens is 1. The summed E-state index contributed by atoms with van der Waals surface area (Å²) in [5.74, 6) is -0.772. The number of carbonyl (C=O) groups excluding carboxylic acids is 3. The first-order valence-electron chi connectivity index (χ1n) is 11.8. The van der Waals surface area contributed by atoms with Crippen LogP contribution in [0.2, 0.25) is 0 Å². The number of urea groups is 1. The number of rotatable bonds is 9. The van der Waals surface area contributed by atoms with Gasteiger partial charge in [-0.15, -0.1) is 0 Å². The molecule has 4 aromatic rings. The molecule has 1 fully saturated rings. The summed E-state index contributed by atoms with van der Waals surface area (Å²) in [6.07, 6.45) is 1.60. The van der Waals surface area contributed by atoms with Crippen LogP contribution in [-0.2, 0) is 14.3 Å². The molecule has 1 aromatic heterocycles. The summed E-state index contributed by atoms with van der Waals surface area (Å²) in [7, 11) is 0. The molecule has 1 aliphatic rings. The van der Waals surface area contributed by atoms with Gasteiger partial charge >= 0.3 is 6.03 Å². The number of ether oxygens (including phenoxy) is 3. The van der Waals surface area contributed by atoms with Crippen molar-refractivity contribution in [3.63, 3.8) is 0 Å². The number of benzene rings is 3. The number of fused-ring (bicyclic) bond motifs is 1. The van der Waals surface area contributed by atoms with Crippen LogP contribution < -0.4 is 20.1 Å². The topological polar surface area (TPSA) is 121 Å². The molecule has 194 valence electrons. The van der Waals surface area contributed by atoms with Crippen molar-refractivity contribution in [3.8, 4) is 22.9 Å². The Kier molecular flexibility index (Phi) is 6.75. The standard InChI is InChI=1S/C27H23FN4O6/c1-2-36-14-13-27(24(33)30-26(35)31-25(27)34)38-21-9-7-20(8-10-21)37-22-11-12-23-17(15-22)16-29-32(23)19-5-3-18(28)4-6-19/h3-12,15-16H,2,13-14H2,1H3,(H2,30,31,33,34,35). The quantitative estimate of drug-likeness (QED) is 0.255. The lowest BCUT2D eigenvalue weighted by molar-refractivity contribution is -0.153. The molecule has 0 radical (unpaired) electrons. The molecule has 0 atom stereocenters. The SMILES string of the molecule is CCOCCC1(Oc2ccc(Oc3ccc4c(cnn4-c4ccc(F)cc4)c3)cc2)C(=O)NC(=O)NC1=O. The van der Waals surface area contributed by atoms with Gasteiger partial charge in [0.1, 0.15) is 23.1 Å². The van der Waals surface area contributed by atoms with Gasteiger partial charge in [-0.05, 0) is 73.7 Å². The first-order valence-corrected chi connectivity index (χ1v) is 11.8. The second-order valence-corrected chi connectivity index (χ2v) is 8.44. The first-order chi connectivity index (χ1) is 18.4. The van der Waals surface area contributed by atoms with Gasteiger partial charge in [-0.1, -0.05) is 0 Å². The Hall–Kier alpha value is -4.77. The van der Waals surface area contributed by atoms with E-state index in [1.807, 2.05) is 12.1 Å². The van der Waals surface area contributed by atoms with Crippen LogP contribution in [0.4, 0.5) is 9.18 Å². The number of aromatic nitrogens is 2. The molecule has 11 heteroatoms. The highest BCUT2D eigenvalue weighted by Gasteiger charge is 2.52. The molecule has 0 aliphatic carbocycles. The van der Waals surface area contributed by atoms with Gasteiger partial charge in [0.25, 0.3) is 17.4 Å². The lowest BCUT2D eigenvalue weighted by atomic mass is 9.95. The van der Waals surface area contributed by atoms with E-state index in [2.05, 4.69) is 15.7 Å². The van der Waals surface area contributed by atoms with Crippen molar-refractivity contribution >= 4 is 28.7 Å². The second-order valence-electron chi connectivity index (χ2n) is 8.44. The number of hydrogen-bond acceptors (Lipinski definition) is 7. The van der Waals surface area contributed by atoms with Crippen molar-refractivity contribution in [2.75, 3.05) is 13.2 Å². The average molecular weight is 519 g/mol. The Morgan fingerprint density at radius 3 is 2.24 bits per heavy atom. The van der Waals surface area contributed by atoms with Gasteiger partial charge in [-0.2, -0.15) is 5.10 Å². The van der Waals surface area contributed by atoms with Crippen LogP contribution >= 0.6 is 0 Å². The van der Waals surface area contributed by atoms with E-state index < -0.39 is 23.4 Å². The monoisotopic (exact) mass is 518 g/mol. The minimum atomic E-state index is -1.96. The summed E-state index contributed by atoms with van der Waals surface area (Å²) in [5.41, 5.74) is -0.400. The average Bonchev–Trinajstić information content (AvgIpc) is 3.32. The lowest BCUT2D eigenvalue weighted by Crippen LogP contribution is -2.69. The molecule has 3 aromatic carbocycles. The molecule has 10 nitrogen and oxygen atoms in total. The Balaban J connectivity index is 1.32. The van der Waals surface area contributed by atoms with Gasteiger partial charge in [0.05, 0.1) is 24.0 Å². The molecule has 2 heterocycles. The minimum Gasteiger partial charge on any atom is -0.467 e. The van der Waals surface area contributed by atoms with Gasteiger partial charge < -0.3 is 14.2 Å². The molecule has 5 rings (SSSR count). The Labute approximate surface area is 216 Å². The summed E-state index contributed by atoms with van der Waals surface area (Å²) in [6, 6.07) is 17.0. The van der Waals surface area contributed by atoms with E-state index in [0.29, 0.717) is 18.1 Å². The molecule has 2 N–H and O–H groups in total. The van der Waals surface area contributed by atoms with Crippen molar-refractivity contribution in [1.29, 1.82) is 0 Å². The van der Waals surface area contributed by atoms with E-state index in [9.17, 15) is 18.8 Å². The van der Waals surface area contributed by atoms with Crippen molar-refractivity contribution in [2.45, 2.75) is 18.9 Å². The fourth-order valence-electron chi connectivity index (χ4n) is 4.05.